The predicted octanol–water partition coefficient (Wildman–Crippen LogP) is 2.59. The van der Waals surface area contributed by atoms with Crippen LogP contribution in [0.25, 0.3) is 0 Å². The zero-order valence-corrected chi connectivity index (χ0v) is 14.2. The fraction of sp³-hybridized carbons (Fsp3) is 0.294. The van der Waals surface area contributed by atoms with E-state index in [4.69, 9.17) is 4.74 Å². The number of alkyl carbamates (subject to hydrolysis) is 1. The molecule has 0 radical (unpaired) electrons. The maximum Gasteiger partial charge on any atom is 0.407 e. The molecule has 132 valence electrons. The normalized spacial score (nSPS) is 11.5. The molecule has 1 aromatic heterocycles. The lowest BCUT2D eigenvalue weighted by Crippen LogP contribution is -2.47. The first-order valence-electron chi connectivity index (χ1n) is 7.70. The van der Waals surface area contributed by atoms with Crippen molar-refractivity contribution in [1.82, 2.24) is 15.3 Å². The van der Waals surface area contributed by atoms with E-state index in [1.807, 2.05) is 13.8 Å². The van der Waals surface area contributed by atoms with Gasteiger partial charge in [-0.25, -0.2) is 14.8 Å². The number of amides is 2. The summed E-state index contributed by atoms with van der Waals surface area (Å²) >= 11 is 0. The Morgan fingerprint density at radius 3 is 2.48 bits per heavy atom. The van der Waals surface area contributed by atoms with Crippen molar-refractivity contribution < 1.29 is 19.1 Å². The Morgan fingerprint density at radius 2 is 1.84 bits per heavy atom. The Morgan fingerprint density at radius 1 is 1.12 bits per heavy atom. The third kappa shape index (κ3) is 5.45. The second kappa shape index (κ2) is 8.62. The standard InChI is InChI=1S/C17H20N4O4/c1-11(2)14(21-17(23)24-3)15(22)20-12-6-4-7-13(10-12)25-16-18-8-5-9-19-16/h4-11,14H,1-3H3,(H,20,22)(H,21,23)/t14-/m1/s1. The highest BCUT2D eigenvalue weighted by Gasteiger charge is 2.24. The fourth-order valence-corrected chi connectivity index (χ4v) is 2.02. The number of benzene rings is 1. The summed E-state index contributed by atoms with van der Waals surface area (Å²) in [7, 11) is 1.25. The number of carbonyl (C=O) groups excluding carboxylic acids is 2. The van der Waals surface area contributed by atoms with Gasteiger partial charge in [-0.3, -0.25) is 4.79 Å². The highest BCUT2D eigenvalue weighted by atomic mass is 16.5. The highest BCUT2D eigenvalue weighted by molar-refractivity contribution is 5.96. The molecule has 1 aromatic carbocycles. The van der Waals surface area contributed by atoms with Crippen molar-refractivity contribution in [2.45, 2.75) is 19.9 Å². The molecule has 0 aliphatic rings. The Balaban J connectivity index is 2.07. The van der Waals surface area contributed by atoms with Crippen LogP contribution in [0, 0.1) is 5.92 Å². The molecule has 2 rings (SSSR count). The number of nitrogens with zero attached hydrogens (tertiary/aromatic N) is 2. The van der Waals surface area contributed by atoms with E-state index in [0.717, 1.165) is 0 Å². The number of rotatable bonds is 6. The van der Waals surface area contributed by atoms with Crippen LogP contribution in [0.5, 0.6) is 11.8 Å². The van der Waals surface area contributed by atoms with Crippen LogP contribution in [0.15, 0.2) is 42.7 Å². The molecule has 0 unspecified atom stereocenters. The number of carbonyl (C=O) groups is 2. The maximum absolute atomic E-state index is 12.4. The van der Waals surface area contributed by atoms with E-state index >= 15 is 0 Å². The zero-order valence-electron chi connectivity index (χ0n) is 14.2. The first-order chi connectivity index (χ1) is 12.0. The molecule has 0 saturated heterocycles. The Labute approximate surface area is 145 Å². The van der Waals surface area contributed by atoms with E-state index in [9.17, 15) is 9.59 Å². The Bertz CT molecular complexity index is 722. The van der Waals surface area contributed by atoms with Crippen molar-refractivity contribution in [3.63, 3.8) is 0 Å². The smallest absolute Gasteiger partial charge is 0.407 e. The van der Waals surface area contributed by atoms with E-state index < -0.39 is 12.1 Å². The molecule has 0 spiro atoms. The number of hydrogen-bond donors (Lipinski definition) is 2. The zero-order chi connectivity index (χ0) is 18.2. The number of ether oxygens (including phenoxy) is 2. The summed E-state index contributed by atoms with van der Waals surface area (Å²) in [6, 6.07) is 7.97. The predicted molar refractivity (Wildman–Crippen MR) is 91.3 cm³/mol. The van der Waals surface area contributed by atoms with Gasteiger partial charge in [-0.2, -0.15) is 0 Å². The molecular weight excluding hydrogens is 324 g/mol. The lowest BCUT2D eigenvalue weighted by molar-refractivity contribution is -0.119. The lowest BCUT2D eigenvalue weighted by atomic mass is 10.0. The van der Waals surface area contributed by atoms with Gasteiger partial charge in [0.2, 0.25) is 5.91 Å². The van der Waals surface area contributed by atoms with Crippen LogP contribution >= 0.6 is 0 Å². The molecule has 1 atom stereocenters. The van der Waals surface area contributed by atoms with E-state index in [0.29, 0.717) is 11.4 Å². The van der Waals surface area contributed by atoms with Crippen LogP contribution in [-0.2, 0) is 9.53 Å². The largest absolute Gasteiger partial charge is 0.453 e. The second-order valence-electron chi connectivity index (χ2n) is 5.51. The van der Waals surface area contributed by atoms with Crippen molar-refractivity contribution in [2.24, 2.45) is 5.92 Å². The van der Waals surface area contributed by atoms with Gasteiger partial charge in [0.25, 0.3) is 0 Å². The minimum Gasteiger partial charge on any atom is -0.453 e. The quantitative estimate of drug-likeness (QED) is 0.835. The minimum absolute atomic E-state index is 0.115. The van der Waals surface area contributed by atoms with Gasteiger partial charge in [0.05, 0.1) is 7.11 Å². The van der Waals surface area contributed by atoms with Gasteiger partial charge in [-0.15, -0.1) is 0 Å². The summed E-state index contributed by atoms with van der Waals surface area (Å²) in [6.45, 7) is 3.65. The van der Waals surface area contributed by atoms with Crippen LogP contribution < -0.4 is 15.4 Å². The molecule has 8 heteroatoms. The Kier molecular flexibility index (Phi) is 6.27. The minimum atomic E-state index is -0.727. The SMILES string of the molecule is COC(=O)N[C@@H](C(=O)Nc1cccc(Oc2ncccn2)c1)C(C)C. The van der Waals surface area contributed by atoms with E-state index in [-0.39, 0.29) is 17.8 Å². The molecule has 0 saturated carbocycles. The first-order valence-corrected chi connectivity index (χ1v) is 7.70. The van der Waals surface area contributed by atoms with Gasteiger partial charge < -0.3 is 20.1 Å². The molecule has 2 N–H and O–H groups in total. The summed E-state index contributed by atoms with van der Waals surface area (Å²) in [5, 5.41) is 5.27. The lowest BCUT2D eigenvalue weighted by Gasteiger charge is -2.21. The molecule has 8 nitrogen and oxygen atoms in total. The van der Waals surface area contributed by atoms with Gasteiger partial charge in [0.15, 0.2) is 0 Å². The van der Waals surface area contributed by atoms with Crippen molar-refractivity contribution in [3.8, 4) is 11.8 Å². The molecule has 2 aromatic rings. The number of aromatic nitrogens is 2. The fourth-order valence-electron chi connectivity index (χ4n) is 2.02. The third-order valence-electron chi connectivity index (χ3n) is 3.26. The van der Waals surface area contributed by atoms with E-state index in [1.165, 1.54) is 7.11 Å². The van der Waals surface area contributed by atoms with Crippen LogP contribution in [0.2, 0.25) is 0 Å². The summed E-state index contributed by atoms with van der Waals surface area (Å²) in [6.07, 6.45) is 2.48. The van der Waals surface area contributed by atoms with Crippen molar-refractivity contribution in [2.75, 3.05) is 12.4 Å². The number of hydrogen-bond acceptors (Lipinski definition) is 6. The second-order valence-corrected chi connectivity index (χ2v) is 5.51. The monoisotopic (exact) mass is 344 g/mol. The summed E-state index contributed by atoms with van der Waals surface area (Å²) in [4.78, 5) is 31.8. The van der Waals surface area contributed by atoms with Crippen LogP contribution in [0.4, 0.5) is 10.5 Å². The van der Waals surface area contributed by atoms with Crippen molar-refractivity contribution >= 4 is 17.7 Å². The molecule has 1 heterocycles. The first kappa shape index (κ1) is 18.2. The van der Waals surface area contributed by atoms with E-state index in [1.54, 1.807) is 42.7 Å². The van der Waals surface area contributed by atoms with Crippen LogP contribution in [0.1, 0.15) is 13.8 Å². The topological polar surface area (TPSA) is 102 Å². The molecule has 0 aliphatic carbocycles. The molecular formula is C17H20N4O4. The maximum atomic E-state index is 12.4. The third-order valence-corrected chi connectivity index (χ3v) is 3.26. The summed E-state index contributed by atoms with van der Waals surface area (Å²) in [5.41, 5.74) is 0.524. The molecule has 0 aliphatic heterocycles. The summed E-state index contributed by atoms with van der Waals surface area (Å²) in [5.74, 6) is 0.00999. The van der Waals surface area contributed by atoms with Crippen molar-refractivity contribution in [1.29, 1.82) is 0 Å². The van der Waals surface area contributed by atoms with Crippen LogP contribution in [-0.4, -0.2) is 35.1 Å². The van der Waals surface area contributed by atoms with Gasteiger partial charge in [0.1, 0.15) is 11.8 Å². The molecule has 0 bridgehead atoms. The van der Waals surface area contributed by atoms with Crippen LogP contribution in [0.3, 0.4) is 0 Å². The number of methoxy groups -OCH3 is 1. The average molecular weight is 344 g/mol. The highest BCUT2D eigenvalue weighted by Crippen LogP contribution is 2.21. The number of nitrogens with one attached hydrogen (secondary N) is 2. The number of anilines is 1. The summed E-state index contributed by atoms with van der Waals surface area (Å²) < 4.78 is 10.1. The molecule has 2 amide bonds. The van der Waals surface area contributed by atoms with Gasteiger partial charge in [-0.1, -0.05) is 19.9 Å². The average Bonchev–Trinajstić information content (AvgIpc) is 2.60. The van der Waals surface area contributed by atoms with E-state index in [2.05, 4.69) is 25.3 Å². The Hall–Kier alpha value is -3.16. The van der Waals surface area contributed by atoms with Crippen molar-refractivity contribution in [3.05, 3.63) is 42.7 Å². The van der Waals surface area contributed by atoms with Gasteiger partial charge in [-0.05, 0) is 24.1 Å². The van der Waals surface area contributed by atoms with Gasteiger partial charge >= 0.3 is 12.1 Å². The van der Waals surface area contributed by atoms with Gasteiger partial charge in [0, 0.05) is 24.1 Å². The molecule has 25 heavy (non-hydrogen) atoms. The molecule has 0 fully saturated rings.